The van der Waals surface area contributed by atoms with Gasteiger partial charge in [0, 0.05) is 22.7 Å². The lowest BCUT2D eigenvalue weighted by Crippen LogP contribution is -1.89. The van der Waals surface area contributed by atoms with Crippen molar-refractivity contribution in [1.29, 1.82) is 0 Å². The van der Waals surface area contributed by atoms with E-state index in [1.54, 1.807) is 6.20 Å². The molecule has 2 nitrogen and oxygen atoms in total. The summed E-state index contributed by atoms with van der Waals surface area (Å²) < 4.78 is 0. The predicted molar refractivity (Wildman–Crippen MR) is 67.3 cm³/mol. The van der Waals surface area contributed by atoms with Gasteiger partial charge < -0.3 is 5.11 Å². The third-order valence-corrected chi connectivity index (χ3v) is 3.84. The Labute approximate surface area is 107 Å². The summed E-state index contributed by atoms with van der Waals surface area (Å²) in [6.45, 7) is 0.0217. The Balaban J connectivity index is 2.26. The molecule has 2 rings (SSSR count). The molecular formula is C11H9Cl2NOS. The molecule has 0 aliphatic heterocycles. The van der Waals surface area contributed by atoms with Gasteiger partial charge in [0.05, 0.1) is 16.5 Å². The van der Waals surface area contributed by atoms with Gasteiger partial charge in [-0.2, -0.15) is 0 Å². The second-order valence-corrected chi connectivity index (χ2v) is 5.27. The highest BCUT2D eigenvalue weighted by molar-refractivity contribution is 7.11. The van der Waals surface area contributed by atoms with Crippen LogP contribution in [0.5, 0.6) is 0 Å². The van der Waals surface area contributed by atoms with Gasteiger partial charge in [-0.15, -0.1) is 11.3 Å². The van der Waals surface area contributed by atoms with Crippen molar-refractivity contribution in [3.8, 4) is 0 Å². The quantitative estimate of drug-likeness (QED) is 0.928. The molecule has 0 radical (unpaired) electrons. The highest BCUT2D eigenvalue weighted by atomic mass is 35.5. The molecule has 0 aliphatic rings. The van der Waals surface area contributed by atoms with Crippen molar-refractivity contribution in [2.24, 2.45) is 0 Å². The zero-order valence-corrected chi connectivity index (χ0v) is 10.6. The fourth-order valence-corrected chi connectivity index (χ4v) is 2.68. The summed E-state index contributed by atoms with van der Waals surface area (Å²) in [6.07, 6.45) is 2.27. The molecule has 2 aromatic rings. The van der Waals surface area contributed by atoms with Crippen molar-refractivity contribution in [1.82, 2.24) is 4.98 Å². The van der Waals surface area contributed by atoms with Crippen LogP contribution < -0.4 is 0 Å². The molecule has 0 saturated carbocycles. The summed E-state index contributed by atoms with van der Waals surface area (Å²) in [5.74, 6) is 0. The van der Waals surface area contributed by atoms with Crippen molar-refractivity contribution < 1.29 is 5.11 Å². The van der Waals surface area contributed by atoms with E-state index >= 15 is 0 Å². The van der Waals surface area contributed by atoms with Crippen molar-refractivity contribution in [2.75, 3.05) is 0 Å². The molecule has 0 aliphatic carbocycles. The van der Waals surface area contributed by atoms with Crippen LogP contribution in [0, 0.1) is 0 Å². The Hall–Kier alpha value is -0.610. The van der Waals surface area contributed by atoms with Crippen LogP contribution in [-0.2, 0) is 13.0 Å². The maximum atomic E-state index is 8.94. The first-order valence-electron chi connectivity index (χ1n) is 4.68. The number of hydrogen-bond donors (Lipinski definition) is 1. The first kappa shape index (κ1) is 11.9. The number of hydrogen-bond acceptors (Lipinski definition) is 3. The van der Waals surface area contributed by atoms with E-state index in [0.29, 0.717) is 16.5 Å². The van der Waals surface area contributed by atoms with Crippen molar-refractivity contribution in [2.45, 2.75) is 13.0 Å². The predicted octanol–water partition coefficient (Wildman–Crippen LogP) is 3.53. The van der Waals surface area contributed by atoms with E-state index in [0.717, 1.165) is 15.4 Å². The first-order valence-corrected chi connectivity index (χ1v) is 6.25. The normalized spacial score (nSPS) is 10.7. The number of thiazole rings is 1. The summed E-state index contributed by atoms with van der Waals surface area (Å²) >= 11 is 13.6. The third-order valence-electron chi connectivity index (χ3n) is 2.15. The van der Waals surface area contributed by atoms with Gasteiger partial charge in [-0.1, -0.05) is 29.3 Å². The minimum absolute atomic E-state index is 0.0217. The molecule has 0 bridgehead atoms. The minimum Gasteiger partial charge on any atom is -0.391 e. The molecule has 0 spiro atoms. The van der Waals surface area contributed by atoms with E-state index in [-0.39, 0.29) is 6.61 Å². The molecule has 84 valence electrons. The Bertz CT molecular complexity index is 478. The highest BCUT2D eigenvalue weighted by Crippen LogP contribution is 2.28. The number of aromatic nitrogens is 1. The molecule has 0 unspecified atom stereocenters. The molecule has 0 fully saturated rings. The van der Waals surface area contributed by atoms with Crippen molar-refractivity contribution in [3.63, 3.8) is 0 Å². The van der Waals surface area contributed by atoms with Crippen LogP contribution >= 0.6 is 34.5 Å². The molecule has 0 amide bonds. The minimum atomic E-state index is 0.0217. The molecule has 1 aromatic heterocycles. The number of halogens is 2. The molecule has 1 N–H and O–H groups in total. The van der Waals surface area contributed by atoms with E-state index in [2.05, 4.69) is 4.98 Å². The molecule has 5 heteroatoms. The topological polar surface area (TPSA) is 33.1 Å². The Morgan fingerprint density at radius 1 is 1.25 bits per heavy atom. The second kappa shape index (κ2) is 5.15. The number of nitrogens with zero attached hydrogens (tertiary/aromatic N) is 1. The van der Waals surface area contributed by atoms with Crippen LogP contribution in [0.3, 0.4) is 0 Å². The van der Waals surface area contributed by atoms with E-state index in [4.69, 9.17) is 28.3 Å². The van der Waals surface area contributed by atoms with Gasteiger partial charge in [-0.05, 0) is 17.7 Å². The molecule has 16 heavy (non-hydrogen) atoms. The van der Waals surface area contributed by atoms with Crippen LogP contribution in [0.1, 0.15) is 15.4 Å². The number of benzene rings is 1. The zero-order chi connectivity index (χ0) is 11.5. The van der Waals surface area contributed by atoms with Crippen LogP contribution in [0.4, 0.5) is 0 Å². The van der Waals surface area contributed by atoms with Gasteiger partial charge in [-0.25, -0.2) is 4.98 Å². The first-order chi connectivity index (χ1) is 7.70. The number of aliphatic hydroxyl groups excluding tert-OH is 1. The average molecular weight is 274 g/mol. The number of aliphatic hydroxyl groups is 1. The number of rotatable bonds is 3. The second-order valence-electron chi connectivity index (χ2n) is 3.26. The summed E-state index contributed by atoms with van der Waals surface area (Å²) in [5, 5.41) is 11.1. The lowest BCUT2D eigenvalue weighted by Gasteiger charge is -2.03. The maximum Gasteiger partial charge on any atom is 0.0973 e. The highest BCUT2D eigenvalue weighted by Gasteiger charge is 2.09. The molecule has 1 aromatic carbocycles. The SMILES string of the molecule is OCc1cnc(Cc2c(Cl)cccc2Cl)s1. The fraction of sp³-hybridized carbons (Fsp3) is 0.182. The van der Waals surface area contributed by atoms with Gasteiger partial charge >= 0.3 is 0 Å². The summed E-state index contributed by atoms with van der Waals surface area (Å²) in [4.78, 5) is 5.05. The van der Waals surface area contributed by atoms with Crippen LogP contribution in [-0.4, -0.2) is 10.1 Å². The summed E-state index contributed by atoms with van der Waals surface area (Å²) in [5.41, 5.74) is 0.879. The van der Waals surface area contributed by atoms with Gasteiger partial charge in [0.25, 0.3) is 0 Å². The van der Waals surface area contributed by atoms with Crippen LogP contribution in [0.25, 0.3) is 0 Å². The summed E-state index contributed by atoms with van der Waals surface area (Å²) in [6, 6.07) is 5.43. The Morgan fingerprint density at radius 2 is 1.94 bits per heavy atom. The van der Waals surface area contributed by atoms with Gasteiger partial charge in [0.2, 0.25) is 0 Å². The average Bonchev–Trinajstić information content (AvgIpc) is 2.71. The van der Waals surface area contributed by atoms with Gasteiger partial charge in [-0.3, -0.25) is 0 Å². The van der Waals surface area contributed by atoms with Crippen LogP contribution in [0.15, 0.2) is 24.4 Å². The van der Waals surface area contributed by atoms with Crippen LogP contribution in [0.2, 0.25) is 10.0 Å². The summed E-state index contributed by atoms with van der Waals surface area (Å²) in [7, 11) is 0. The van der Waals surface area contributed by atoms with Gasteiger partial charge in [0.15, 0.2) is 0 Å². The third kappa shape index (κ3) is 2.55. The Kier molecular flexibility index (Phi) is 3.82. The maximum absolute atomic E-state index is 8.94. The molecule has 1 heterocycles. The molecule has 0 atom stereocenters. The van der Waals surface area contributed by atoms with E-state index in [1.165, 1.54) is 11.3 Å². The molecule has 0 saturated heterocycles. The van der Waals surface area contributed by atoms with E-state index in [1.807, 2.05) is 18.2 Å². The Morgan fingerprint density at radius 3 is 2.50 bits per heavy atom. The lowest BCUT2D eigenvalue weighted by molar-refractivity contribution is 0.285. The standard InChI is InChI=1S/C11H9Cl2NOS/c12-9-2-1-3-10(13)8(9)4-11-14-5-7(6-15)16-11/h1-3,5,15H,4,6H2. The van der Waals surface area contributed by atoms with Gasteiger partial charge in [0.1, 0.15) is 0 Å². The van der Waals surface area contributed by atoms with Crippen molar-refractivity contribution in [3.05, 3.63) is 49.9 Å². The van der Waals surface area contributed by atoms with E-state index < -0.39 is 0 Å². The monoisotopic (exact) mass is 273 g/mol. The van der Waals surface area contributed by atoms with E-state index in [9.17, 15) is 0 Å². The molecular weight excluding hydrogens is 265 g/mol. The smallest absolute Gasteiger partial charge is 0.0973 e. The largest absolute Gasteiger partial charge is 0.391 e. The van der Waals surface area contributed by atoms with Crippen molar-refractivity contribution >= 4 is 34.5 Å². The lowest BCUT2D eigenvalue weighted by atomic mass is 10.1. The fourth-order valence-electron chi connectivity index (χ4n) is 1.36. The zero-order valence-electron chi connectivity index (χ0n) is 8.28.